The first-order valence-corrected chi connectivity index (χ1v) is 16.1. The van der Waals surface area contributed by atoms with Gasteiger partial charge in [-0.3, -0.25) is 15.0 Å². The van der Waals surface area contributed by atoms with Crippen LogP contribution in [0.4, 0.5) is 0 Å². The minimum Gasteiger partial charge on any atom is -0.545 e. The summed E-state index contributed by atoms with van der Waals surface area (Å²) in [6.07, 6.45) is 11.1. The van der Waals surface area contributed by atoms with E-state index in [9.17, 15) is 19.8 Å². The van der Waals surface area contributed by atoms with Gasteiger partial charge in [-0.15, -0.1) is 0 Å². The number of carboxylic acids is 2. The van der Waals surface area contributed by atoms with Gasteiger partial charge >= 0.3 is 56.5 Å². The van der Waals surface area contributed by atoms with E-state index < -0.39 is 19.1 Å². The van der Waals surface area contributed by atoms with Crippen molar-refractivity contribution in [2.45, 2.75) is 0 Å². The molecule has 54 heavy (non-hydrogen) atoms. The summed E-state index contributed by atoms with van der Waals surface area (Å²) in [4.78, 5) is 33.5. The van der Waals surface area contributed by atoms with E-state index >= 15 is 0 Å². The number of carboxylic acid groups (broad SMARTS) is 2. The maximum Gasteiger partial charge on any atom is 3.00 e. The number of pyridine rings is 3. The summed E-state index contributed by atoms with van der Waals surface area (Å²) in [5.41, 5.74) is 5.22. The van der Waals surface area contributed by atoms with Gasteiger partial charge < -0.3 is 39.1 Å². The predicted octanol–water partition coefficient (Wildman–Crippen LogP) is 2.30. The van der Waals surface area contributed by atoms with Crippen molar-refractivity contribution in [1.29, 1.82) is 0 Å². The molecule has 0 atom stereocenters. The third-order valence-electron chi connectivity index (χ3n) is 7.59. The van der Waals surface area contributed by atoms with Gasteiger partial charge in [-0.05, 0) is 84.3 Å². The second-order valence-corrected chi connectivity index (χ2v) is 11.1. The summed E-state index contributed by atoms with van der Waals surface area (Å²) in [5.74, 6) is -2.26. The molecule has 14 nitrogen and oxygen atoms in total. The maximum atomic E-state index is 10.1. The summed E-state index contributed by atoms with van der Waals surface area (Å²) in [6, 6.07) is 39.3. The molecule has 0 saturated carbocycles. The van der Waals surface area contributed by atoms with Gasteiger partial charge in [0, 0.05) is 18.6 Å². The van der Waals surface area contributed by atoms with Crippen molar-refractivity contribution in [3.63, 3.8) is 0 Å². The number of benzene rings is 2. The van der Waals surface area contributed by atoms with Crippen LogP contribution in [-0.2, 0) is 5.48 Å². The van der Waals surface area contributed by atoms with Crippen molar-refractivity contribution in [1.82, 2.24) is 44.0 Å². The summed E-state index contributed by atoms with van der Waals surface area (Å²) in [5, 5.41) is 34.7. The molecule has 0 radical (unpaired) electrons. The molecular weight excluding hydrogens is 825 g/mol. The molecule has 0 fully saturated rings. The Hall–Kier alpha value is -5.93. The zero-order valence-electron chi connectivity index (χ0n) is 28.5. The van der Waals surface area contributed by atoms with Crippen LogP contribution in [0.3, 0.4) is 0 Å². The quantitative estimate of drug-likeness (QED) is 0.161. The molecule has 0 bridgehead atoms. The van der Waals surface area contributed by atoms with E-state index in [1.54, 1.807) is 55.0 Å². The molecule has 268 valence electrons. The fourth-order valence-electron chi connectivity index (χ4n) is 5.10. The second kappa shape index (κ2) is 20.3. The van der Waals surface area contributed by atoms with Crippen molar-refractivity contribution in [3.05, 3.63) is 182 Å². The Labute approximate surface area is 350 Å². The SMILES string of the molecule is O=C([O-])c1ccccc1.O=C([O-])c1ccccc1.[Eu+3].[OH3+].c1ccc(-c2ccn([BH-](n3ccc(-c4ccccn4)n3)n3ccc(-c4ccccn4)n3)n2)nc1. The minimum absolute atomic E-state index is 0. The molecule has 0 saturated heterocycles. The number of hydrogen-bond acceptors (Lipinski definition) is 10. The molecule has 0 aliphatic carbocycles. The Morgan fingerprint density at radius 2 is 0.722 bits per heavy atom. The number of aromatic carboxylic acids is 2. The van der Waals surface area contributed by atoms with Gasteiger partial charge in [0.1, 0.15) is 17.1 Å². The topological polar surface area (TPSA) is 205 Å². The molecule has 6 heterocycles. The smallest absolute Gasteiger partial charge is 0.545 e. The van der Waals surface area contributed by atoms with Crippen LogP contribution < -0.4 is 10.2 Å². The van der Waals surface area contributed by atoms with Gasteiger partial charge in [0.05, 0.1) is 29.0 Å². The fraction of sp³-hybridized carbons (Fsp3) is 0. The minimum atomic E-state index is -1.56. The van der Waals surface area contributed by atoms with E-state index in [1.165, 1.54) is 24.3 Å². The van der Waals surface area contributed by atoms with E-state index in [0.29, 0.717) is 0 Å². The first kappa shape index (κ1) is 40.8. The molecule has 0 unspecified atom stereocenters. The predicted molar refractivity (Wildman–Crippen MR) is 196 cm³/mol. The van der Waals surface area contributed by atoms with Gasteiger partial charge in [0.25, 0.3) is 0 Å². The molecule has 6 aromatic heterocycles. The van der Waals surface area contributed by atoms with Crippen molar-refractivity contribution in [2.75, 3.05) is 0 Å². The first-order valence-electron chi connectivity index (χ1n) is 16.1. The van der Waals surface area contributed by atoms with Crippen molar-refractivity contribution in [3.8, 4) is 34.2 Å². The van der Waals surface area contributed by atoms with Crippen LogP contribution in [-0.4, -0.2) is 63.1 Å². The van der Waals surface area contributed by atoms with E-state index in [-0.39, 0.29) is 66.0 Å². The van der Waals surface area contributed by atoms with Crippen LogP contribution in [0.1, 0.15) is 20.7 Å². The summed E-state index contributed by atoms with van der Waals surface area (Å²) in [6.45, 7) is 0. The first-order chi connectivity index (χ1) is 25.5. The maximum absolute atomic E-state index is 10.1. The number of hydrogen-bond donors (Lipinski definition) is 0. The molecule has 0 aliphatic rings. The van der Waals surface area contributed by atoms with Crippen molar-refractivity contribution >= 4 is 19.1 Å². The number of carbonyl (C=O) groups excluding carboxylic acids is 2. The summed E-state index contributed by atoms with van der Waals surface area (Å²) in [7, 11) is -1.56. The second-order valence-electron chi connectivity index (χ2n) is 11.1. The van der Waals surface area contributed by atoms with Gasteiger partial charge in [-0.2, -0.15) is 0 Å². The van der Waals surface area contributed by atoms with Gasteiger partial charge in [0.2, 0.25) is 0 Å². The van der Waals surface area contributed by atoms with Gasteiger partial charge in [-0.1, -0.05) is 78.9 Å². The van der Waals surface area contributed by atoms with Crippen LogP contribution in [0.2, 0.25) is 0 Å². The van der Waals surface area contributed by atoms with E-state index in [1.807, 2.05) is 105 Å². The zero-order valence-corrected chi connectivity index (χ0v) is 30.9. The Balaban J connectivity index is 0.000000268. The molecule has 2 aromatic carbocycles. The molecule has 0 spiro atoms. The van der Waals surface area contributed by atoms with Crippen LogP contribution >= 0.6 is 0 Å². The third-order valence-corrected chi connectivity index (χ3v) is 7.59. The zero-order chi connectivity index (χ0) is 36.1. The molecular formula is C38H32BEuN9O5+. The monoisotopic (exact) mass is 858 g/mol. The molecule has 0 aliphatic heterocycles. The Morgan fingerprint density at radius 3 is 0.963 bits per heavy atom. The summed E-state index contributed by atoms with van der Waals surface area (Å²) < 4.78 is 5.69. The molecule has 0 amide bonds. The van der Waals surface area contributed by atoms with E-state index in [0.717, 1.165) is 34.2 Å². The average molecular weight is 858 g/mol. The van der Waals surface area contributed by atoms with E-state index in [4.69, 9.17) is 15.3 Å². The Kier molecular flexibility index (Phi) is 15.4. The van der Waals surface area contributed by atoms with Crippen LogP contribution in [0, 0.1) is 49.4 Å². The number of nitrogens with zero attached hydrogens (tertiary/aromatic N) is 9. The van der Waals surface area contributed by atoms with E-state index in [2.05, 4.69) is 15.0 Å². The molecule has 3 N–H and O–H groups in total. The number of rotatable bonds is 8. The standard InChI is InChI=1S/C24H19BN9.2C7H6O2.Eu.H2O/c1-4-13-26-19(7-1)22-10-16-32(29-22)25(33-17-11-23(30-33)20-8-2-5-14-27-20)34-18-12-24(31-34)21-9-3-6-15-28-21;2*8-7(9)6-4-2-1-3-5-6;;/h1-18,25H;2*1-5H,(H,8,9);;1H2/q-1;;;+3;/p-1. The molecule has 16 heteroatoms. The Morgan fingerprint density at radius 1 is 0.426 bits per heavy atom. The van der Waals surface area contributed by atoms with Crippen LogP contribution in [0.5, 0.6) is 0 Å². The summed E-state index contributed by atoms with van der Waals surface area (Å²) >= 11 is 0. The normalized spacial score (nSPS) is 10.0. The van der Waals surface area contributed by atoms with Gasteiger partial charge in [-0.25, -0.2) is 15.3 Å². The number of carbonyl (C=O) groups is 2. The van der Waals surface area contributed by atoms with Crippen molar-refractivity contribution < 1.29 is 74.7 Å². The average Bonchev–Trinajstić information content (AvgIpc) is 4.01. The van der Waals surface area contributed by atoms with Crippen LogP contribution in [0.15, 0.2) is 171 Å². The van der Waals surface area contributed by atoms with Gasteiger partial charge in [0.15, 0.2) is 0 Å². The fourth-order valence-corrected chi connectivity index (χ4v) is 5.10. The largest absolute Gasteiger partial charge is 3.00 e. The Bertz CT molecular complexity index is 2090. The van der Waals surface area contributed by atoms with Crippen LogP contribution in [0.25, 0.3) is 34.2 Å². The van der Waals surface area contributed by atoms with Crippen molar-refractivity contribution in [2.24, 2.45) is 0 Å². The third kappa shape index (κ3) is 10.8. The number of aromatic nitrogens is 9. The molecule has 8 rings (SSSR count). The molecule has 8 aromatic rings.